The Morgan fingerprint density at radius 3 is 2.44 bits per heavy atom. The lowest BCUT2D eigenvalue weighted by molar-refractivity contribution is -0.00451. The number of nitrogens with one attached hydrogen (secondary N) is 1. The predicted molar refractivity (Wildman–Crippen MR) is 68.8 cm³/mol. The number of likely N-dealkylation sites (N-methyl/N-ethyl adjacent to an activating group) is 1. The molecule has 16 heavy (non-hydrogen) atoms. The molecule has 0 aliphatic carbocycles. The van der Waals surface area contributed by atoms with Crippen molar-refractivity contribution < 1.29 is 0 Å². The van der Waals surface area contributed by atoms with Crippen LogP contribution in [0, 0.1) is 0 Å². The molecule has 3 heterocycles. The van der Waals surface area contributed by atoms with Gasteiger partial charge in [0.25, 0.3) is 0 Å². The summed E-state index contributed by atoms with van der Waals surface area (Å²) in [6, 6.07) is 1.49. The SMILES string of the molecule is CCCCC(NCC)C1CN2CCN1CC2. The largest absolute Gasteiger partial charge is 0.313 e. The summed E-state index contributed by atoms with van der Waals surface area (Å²) >= 11 is 0. The lowest BCUT2D eigenvalue weighted by Gasteiger charge is -2.50. The third-order valence-electron chi connectivity index (χ3n) is 4.12. The summed E-state index contributed by atoms with van der Waals surface area (Å²) in [4.78, 5) is 5.35. The van der Waals surface area contributed by atoms with Crippen LogP contribution < -0.4 is 5.32 Å². The molecule has 0 aromatic heterocycles. The van der Waals surface area contributed by atoms with Crippen molar-refractivity contribution in [1.29, 1.82) is 0 Å². The summed E-state index contributed by atoms with van der Waals surface area (Å²) in [5, 5.41) is 3.70. The van der Waals surface area contributed by atoms with E-state index in [2.05, 4.69) is 29.0 Å². The fourth-order valence-electron chi connectivity index (χ4n) is 3.16. The first kappa shape index (κ1) is 12.3. The van der Waals surface area contributed by atoms with Crippen LogP contribution in [0.15, 0.2) is 0 Å². The van der Waals surface area contributed by atoms with E-state index in [4.69, 9.17) is 0 Å². The topological polar surface area (TPSA) is 18.5 Å². The van der Waals surface area contributed by atoms with Crippen LogP contribution in [0.1, 0.15) is 33.1 Å². The molecule has 0 radical (unpaired) electrons. The molecule has 0 aromatic carbocycles. The molecule has 0 saturated carbocycles. The van der Waals surface area contributed by atoms with Crippen molar-refractivity contribution in [2.24, 2.45) is 0 Å². The molecule has 3 fully saturated rings. The Bertz CT molecular complexity index is 199. The Balaban J connectivity index is 1.91. The van der Waals surface area contributed by atoms with E-state index in [-0.39, 0.29) is 0 Å². The van der Waals surface area contributed by atoms with Crippen LogP contribution in [-0.4, -0.2) is 61.2 Å². The molecule has 0 amide bonds. The van der Waals surface area contributed by atoms with Crippen molar-refractivity contribution in [2.75, 3.05) is 39.3 Å². The highest BCUT2D eigenvalue weighted by Crippen LogP contribution is 2.20. The van der Waals surface area contributed by atoms with E-state index in [1.807, 2.05) is 0 Å². The van der Waals surface area contributed by atoms with Gasteiger partial charge in [0.15, 0.2) is 0 Å². The molecular weight excluding hydrogens is 198 g/mol. The van der Waals surface area contributed by atoms with Crippen LogP contribution in [-0.2, 0) is 0 Å². The smallest absolute Gasteiger partial charge is 0.0377 e. The van der Waals surface area contributed by atoms with Gasteiger partial charge in [-0.05, 0) is 13.0 Å². The van der Waals surface area contributed by atoms with Gasteiger partial charge in [0.1, 0.15) is 0 Å². The van der Waals surface area contributed by atoms with Crippen molar-refractivity contribution in [1.82, 2.24) is 15.1 Å². The zero-order valence-corrected chi connectivity index (χ0v) is 10.9. The zero-order valence-electron chi connectivity index (χ0n) is 10.9. The van der Waals surface area contributed by atoms with E-state index in [1.165, 1.54) is 52.0 Å². The average Bonchev–Trinajstić information content (AvgIpc) is 2.36. The Hall–Kier alpha value is -0.120. The highest BCUT2D eigenvalue weighted by atomic mass is 15.4. The van der Waals surface area contributed by atoms with Crippen molar-refractivity contribution >= 4 is 0 Å². The van der Waals surface area contributed by atoms with Crippen molar-refractivity contribution in [3.05, 3.63) is 0 Å². The zero-order chi connectivity index (χ0) is 11.4. The minimum absolute atomic E-state index is 0.716. The van der Waals surface area contributed by atoms with Crippen LogP contribution in [0.5, 0.6) is 0 Å². The highest BCUT2D eigenvalue weighted by Gasteiger charge is 2.35. The minimum Gasteiger partial charge on any atom is -0.313 e. The molecule has 2 bridgehead atoms. The lowest BCUT2D eigenvalue weighted by atomic mass is 9.96. The fraction of sp³-hybridized carbons (Fsp3) is 1.00. The van der Waals surface area contributed by atoms with Gasteiger partial charge in [-0.1, -0.05) is 26.7 Å². The Morgan fingerprint density at radius 2 is 1.94 bits per heavy atom. The summed E-state index contributed by atoms with van der Waals surface area (Å²) in [5.41, 5.74) is 0. The third kappa shape index (κ3) is 2.76. The van der Waals surface area contributed by atoms with Crippen molar-refractivity contribution in [3.63, 3.8) is 0 Å². The van der Waals surface area contributed by atoms with Gasteiger partial charge in [0.2, 0.25) is 0 Å². The third-order valence-corrected chi connectivity index (χ3v) is 4.12. The summed E-state index contributed by atoms with van der Waals surface area (Å²) in [7, 11) is 0. The molecule has 94 valence electrons. The molecular formula is C13H27N3. The maximum Gasteiger partial charge on any atom is 0.0377 e. The molecule has 3 aliphatic heterocycles. The first-order valence-electron chi connectivity index (χ1n) is 7.05. The van der Waals surface area contributed by atoms with Crippen LogP contribution in [0.2, 0.25) is 0 Å². The van der Waals surface area contributed by atoms with Gasteiger partial charge < -0.3 is 5.32 Å². The molecule has 2 atom stereocenters. The molecule has 3 nitrogen and oxygen atoms in total. The second-order valence-electron chi connectivity index (χ2n) is 5.21. The number of fused-ring (bicyclic) bond motifs is 3. The Labute approximate surface area is 100 Å². The predicted octanol–water partition coefficient (Wildman–Crippen LogP) is 1.15. The summed E-state index contributed by atoms with van der Waals surface area (Å²) < 4.78 is 0. The van der Waals surface area contributed by atoms with Crippen molar-refractivity contribution in [2.45, 2.75) is 45.2 Å². The van der Waals surface area contributed by atoms with Gasteiger partial charge in [0, 0.05) is 44.8 Å². The average molecular weight is 225 g/mol. The maximum atomic E-state index is 3.70. The van der Waals surface area contributed by atoms with Gasteiger partial charge in [-0.3, -0.25) is 9.80 Å². The van der Waals surface area contributed by atoms with Gasteiger partial charge in [-0.25, -0.2) is 0 Å². The monoisotopic (exact) mass is 225 g/mol. The molecule has 0 aromatic rings. The van der Waals surface area contributed by atoms with Gasteiger partial charge in [-0.15, -0.1) is 0 Å². The summed E-state index contributed by atoms with van der Waals surface area (Å²) in [6.07, 6.45) is 4.03. The van der Waals surface area contributed by atoms with E-state index in [0.29, 0.717) is 6.04 Å². The summed E-state index contributed by atoms with van der Waals surface area (Å²) in [6.45, 7) is 12.1. The number of hydrogen-bond donors (Lipinski definition) is 1. The maximum absolute atomic E-state index is 3.70. The van der Waals surface area contributed by atoms with E-state index in [0.717, 1.165) is 12.6 Å². The highest BCUT2D eigenvalue weighted by molar-refractivity contribution is 4.94. The standard InChI is InChI=1S/C13H27N3/c1-3-5-6-12(14-4-2)13-11-15-7-9-16(13)10-8-15/h12-14H,3-11H2,1-2H3. The first-order valence-corrected chi connectivity index (χ1v) is 7.05. The van der Waals surface area contributed by atoms with Gasteiger partial charge in [0.05, 0.1) is 0 Å². The van der Waals surface area contributed by atoms with E-state index < -0.39 is 0 Å². The van der Waals surface area contributed by atoms with Crippen molar-refractivity contribution in [3.8, 4) is 0 Å². The lowest BCUT2D eigenvalue weighted by Crippen LogP contribution is -2.66. The van der Waals surface area contributed by atoms with E-state index in [1.54, 1.807) is 0 Å². The number of piperazine rings is 3. The van der Waals surface area contributed by atoms with Crippen LogP contribution >= 0.6 is 0 Å². The minimum atomic E-state index is 0.716. The van der Waals surface area contributed by atoms with Gasteiger partial charge in [-0.2, -0.15) is 0 Å². The van der Waals surface area contributed by atoms with Crippen LogP contribution in [0.25, 0.3) is 0 Å². The van der Waals surface area contributed by atoms with E-state index in [9.17, 15) is 0 Å². The summed E-state index contributed by atoms with van der Waals surface area (Å²) in [5.74, 6) is 0. The molecule has 1 N–H and O–H groups in total. The molecule has 2 unspecified atom stereocenters. The van der Waals surface area contributed by atoms with Crippen LogP contribution in [0.4, 0.5) is 0 Å². The first-order chi connectivity index (χ1) is 7.85. The molecule has 0 spiro atoms. The van der Waals surface area contributed by atoms with Gasteiger partial charge >= 0.3 is 0 Å². The Morgan fingerprint density at radius 1 is 1.19 bits per heavy atom. The quantitative estimate of drug-likeness (QED) is 0.732. The number of unbranched alkanes of at least 4 members (excludes halogenated alkanes) is 1. The normalized spacial score (nSPS) is 35.2. The number of hydrogen-bond acceptors (Lipinski definition) is 3. The van der Waals surface area contributed by atoms with Crippen LogP contribution in [0.3, 0.4) is 0 Å². The second-order valence-corrected chi connectivity index (χ2v) is 5.21. The van der Waals surface area contributed by atoms with E-state index >= 15 is 0 Å². The number of nitrogens with zero attached hydrogens (tertiary/aromatic N) is 2. The molecule has 3 aliphatic rings. The fourth-order valence-corrected chi connectivity index (χ4v) is 3.16. The molecule has 3 saturated heterocycles. The number of rotatable bonds is 6. The second kappa shape index (κ2) is 5.99. The Kier molecular flexibility index (Phi) is 4.62. The molecule has 3 rings (SSSR count). The molecule has 3 heteroatoms.